The van der Waals surface area contributed by atoms with Gasteiger partial charge in [0.2, 0.25) is 0 Å². The average Bonchev–Trinajstić information content (AvgIpc) is 2.28. The third-order valence-corrected chi connectivity index (χ3v) is 2.89. The summed E-state index contributed by atoms with van der Waals surface area (Å²) in [5, 5.41) is 0. The molecule has 0 bridgehead atoms. The number of nitrogens with two attached hydrogens (primary N) is 2. The van der Waals surface area contributed by atoms with Crippen LogP contribution in [-0.2, 0) is 9.53 Å². The van der Waals surface area contributed by atoms with E-state index in [-0.39, 0.29) is 5.56 Å². The molecule has 1 unspecified atom stereocenters. The molecule has 6 heteroatoms. The topological polar surface area (TPSA) is 95.4 Å². The summed E-state index contributed by atoms with van der Waals surface area (Å²) in [4.78, 5) is 22.6. The largest absolute Gasteiger partial charge is 0.449 e. The number of carbonyl (C=O) groups excluding carboxylic acids is 2. The van der Waals surface area contributed by atoms with Gasteiger partial charge in [-0.25, -0.2) is 4.79 Å². The standard InChI is InChI=1S/C11H13BrN2O3/c1-2-9(10(14)15)17-11(16)6-3-4-7(12)8(13)5-6/h3-5,9H,2,13H2,1H3,(H2,14,15). The first-order valence-electron chi connectivity index (χ1n) is 5.01. The number of nitrogen functional groups attached to an aromatic ring is 1. The quantitative estimate of drug-likeness (QED) is 0.650. The van der Waals surface area contributed by atoms with Crippen LogP contribution >= 0.6 is 15.9 Å². The van der Waals surface area contributed by atoms with E-state index < -0.39 is 18.0 Å². The Bertz CT molecular complexity index is 448. The molecule has 0 saturated carbocycles. The van der Waals surface area contributed by atoms with Gasteiger partial charge in [0, 0.05) is 10.2 Å². The lowest BCUT2D eigenvalue weighted by molar-refractivity contribution is -0.126. The Kier molecular flexibility index (Phi) is 4.51. The number of hydrogen-bond donors (Lipinski definition) is 2. The van der Waals surface area contributed by atoms with Crippen molar-refractivity contribution in [3.05, 3.63) is 28.2 Å². The molecule has 1 atom stereocenters. The van der Waals surface area contributed by atoms with E-state index in [0.717, 1.165) is 0 Å². The van der Waals surface area contributed by atoms with Gasteiger partial charge in [0.05, 0.1) is 5.56 Å². The van der Waals surface area contributed by atoms with E-state index in [2.05, 4.69) is 15.9 Å². The number of amides is 1. The van der Waals surface area contributed by atoms with E-state index in [1.54, 1.807) is 19.1 Å². The fourth-order valence-corrected chi connectivity index (χ4v) is 1.46. The number of rotatable bonds is 4. The predicted octanol–water partition coefficient (Wildman–Crippen LogP) is 1.45. The SMILES string of the molecule is CCC(OC(=O)c1ccc(Br)c(N)c1)C(N)=O. The van der Waals surface area contributed by atoms with Crippen molar-refractivity contribution in [2.24, 2.45) is 5.73 Å². The molecule has 0 aliphatic heterocycles. The molecule has 5 nitrogen and oxygen atoms in total. The Morgan fingerprint density at radius 2 is 2.12 bits per heavy atom. The molecular weight excluding hydrogens is 288 g/mol. The van der Waals surface area contributed by atoms with Crippen LogP contribution in [0.1, 0.15) is 23.7 Å². The van der Waals surface area contributed by atoms with Crippen molar-refractivity contribution in [1.82, 2.24) is 0 Å². The summed E-state index contributed by atoms with van der Waals surface area (Å²) in [5.41, 5.74) is 11.4. The Labute approximate surface area is 107 Å². The Morgan fingerprint density at radius 3 is 2.59 bits per heavy atom. The lowest BCUT2D eigenvalue weighted by atomic mass is 10.2. The van der Waals surface area contributed by atoms with Crippen molar-refractivity contribution in [2.45, 2.75) is 19.4 Å². The van der Waals surface area contributed by atoms with Gasteiger partial charge in [-0.15, -0.1) is 0 Å². The third-order valence-electron chi connectivity index (χ3n) is 2.17. The maximum Gasteiger partial charge on any atom is 0.338 e. The van der Waals surface area contributed by atoms with Gasteiger partial charge < -0.3 is 16.2 Å². The van der Waals surface area contributed by atoms with Crippen LogP contribution in [0.2, 0.25) is 0 Å². The third kappa shape index (κ3) is 3.45. The minimum absolute atomic E-state index is 0.283. The van der Waals surface area contributed by atoms with E-state index in [1.165, 1.54) is 6.07 Å². The molecule has 1 aromatic rings. The van der Waals surface area contributed by atoms with Gasteiger partial charge in [-0.2, -0.15) is 0 Å². The summed E-state index contributed by atoms with van der Waals surface area (Å²) in [6, 6.07) is 4.66. The fraction of sp³-hybridized carbons (Fsp3) is 0.273. The summed E-state index contributed by atoms with van der Waals surface area (Å²) < 4.78 is 5.65. The summed E-state index contributed by atoms with van der Waals surface area (Å²) in [6.45, 7) is 1.71. The highest BCUT2D eigenvalue weighted by Crippen LogP contribution is 2.21. The minimum atomic E-state index is -0.910. The normalized spacial score (nSPS) is 11.9. The van der Waals surface area contributed by atoms with E-state index in [0.29, 0.717) is 16.6 Å². The van der Waals surface area contributed by atoms with Crippen molar-refractivity contribution in [3.8, 4) is 0 Å². The van der Waals surface area contributed by atoms with Crippen molar-refractivity contribution in [3.63, 3.8) is 0 Å². The molecule has 0 saturated heterocycles. The summed E-state index contributed by atoms with van der Waals surface area (Å²) in [7, 11) is 0. The van der Waals surface area contributed by atoms with Gasteiger partial charge >= 0.3 is 5.97 Å². The van der Waals surface area contributed by atoms with Gasteiger partial charge in [-0.1, -0.05) is 6.92 Å². The first kappa shape index (κ1) is 13.5. The van der Waals surface area contributed by atoms with Crippen LogP contribution in [0.5, 0.6) is 0 Å². The lowest BCUT2D eigenvalue weighted by Gasteiger charge is -2.12. The summed E-state index contributed by atoms with van der Waals surface area (Å²) >= 11 is 3.21. The number of hydrogen-bond acceptors (Lipinski definition) is 4. The first-order chi connectivity index (χ1) is 7.95. The monoisotopic (exact) mass is 300 g/mol. The molecule has 17 heavy (non-hydrogen) atoms. The van der Waals surface area contributed by atoms with Crippen molar-refractivity contribution in [1.29, 1.82) is 0 Å². The predicted molar refractivity (Wildman–Crippen MR) is 67.2 cm³/mol. The molecule has 0 spiro atoms. The van der Waals surface area contributed by atoms with Crippen LogP contribution in [0.15, 0.2) is 22.7 Å². The van der Waals surface area contributed by atoms with Crippen LogP contribution in [0.4, 0.5) is 5.69 Å². The maximum absolute atomic E-state index is 11.7. The van der Waals surface area contributed by atoms with E-state index in [1.807, 2.05) is 0 Å². The van der Waals surface area contributed by atoms with E-state index in [9.17, 15) is 9.59 Å². The molecule has 0 heterocycles. The molecule has 0 fully saturated rings. The second-order valence-corrected chi connectivity index (χ2v) is 4.30. The first-order valence-corrected chi connectivity index (χ1v) is 5.80. The number of benzene rings is 1. The zero-order chi connectivity index (χ0) is 13.0. The maximum atomic E-state index is 11.7. The molecule has 4 N–H and O–H groups in total. The van der Waals surface area contributed by atoms with E-state index in [4.69, 9.17) is 16.2 Å². The Hall–Kier alpha value is -1.56. The molecule has 92 valence electrons. The Balaban J connectivity index is 2.82. The van der Waals surface area contributed by atoms with Crippen molar-refractivity contribution in [2.75, 3.05) is 5.73 Å². The van der Waals surface area contributed by atoms with Gasteiger partial charge in [0.25, 0.3) is 5.91 Å². The lowest BCUT2D eigenvalue weighted by Crippen LogP contribution is -2.32. The van der Waals surface area contributed by atoms with Gasteiger partial charge in [0.1, 0.15) is 0 Å². The highest BCUT2D eigenvalue weighted by molar-refractivity contribution is 9.10. The Morgan fingerprint density at radius 1 is 1.47 bits per heavy atom. The average molecular weight is 301 g/mol. The van der Waals surface area contributed by atoms with Crippen LogP contribution in [0.3, 0.4) is 0 Å². The van der Waals surface area contributed by atoms with Gasteiger partial charge in [0.15, 0.2) is 6.10 Å². The van der Waals surface area contributed by atoms with Crippen LogP contribution in [0.25, 0.3) is 0 Å². The summed E-state index contributed by atoms with van der Waals surface area (Å²) in [6.07, 6.45) is -0.569. The van der Waals surface area contributed by atoms with E-state index >= 15 is 0 Å². The number of anilines is 1. The zero-order valence-electron chi connectivity index (χ0n) is 9.27. The molecule has 1 rings (SSSR count). The highest BCUT2D eigenvalue weighted by atomic mass is 79.9. The van der Waals surface area contributed by atoms with Gasteiger partial charge in [-0.3, -0.25) is 4.79 Å². The molecule has 0 aromatic heterocycles. The van der Waals surface area contributed by atoms with Gasteiger partial charge in [-0.05, 0) is 40.5 Å². The molecular formula is C11H13BrN2O3. The number of halogens is 1. The van der Waals surface area contributed by atoms with Crippen LogP contribution in [-0.4, -0.2) is 18.0 Å². The molecule has 1 aromatic carbocycles. The molecule has 0 radical (unpaired) electrons. The highest BCUT2D eigenvalue weighted by Gasteiger charge is 2.19. The van der Waals surface area contributed by atoms with Crippen molar-refractivity contribution >= 4 is 33.5 Å². The second kappa shape index (κ2) is 5.67. The second-order valence-electron chi connectivity index (χ2n) is 3.44. The fourth-order valence-electron chi connectivity index (χ4n) is 1.21. The number of esters is 1. The number of carbonyl (C=O) groups is 2. The molecule has 1 amide bonds. The van der Waals surface area contributed by atoms with Crippen molar-refractivity contribution < 1.29 is 14.3 Å². The number of ether oxygens (including phenoxy) is 1. The van der Waals surface area contributed by atoms with Crippen LogP contribution in [0, 0.1) is 0 Å². The molecule has 0 aliphatic carbocycles. The van der Waals surface area contributed by atoms with Crippen LogP contribution < -0.4 is 11.5 Å². The smallest absolute Gasteiger partial charge is 0.338 e. The minimum Gasteiger partial charge on any atom is -0.449 e. The number of primary amides is 1. The molecule has 0 aliphatic rings. The zero-order valence-corrected chi connectivity index (χ0v) is 10.9. The summed E-state index contributed by atoms with van der Waals surface area (Å²) in [5.74, 6) is -1.28.